The fraction of sp³-hybridized carbons (Fsp3) is 0.400. The molecule has 0 bridgehead atoms. The Bertz CT molecular complexity index is 1490. The third kappa shape index (κ3) is 5.63. The lowest BCUT2D eigenvalue weighted by molar-refractivity contribution is -0.124. The maximum atomic E-state index is 13.2. The molecule has 1 atom stereocenters. The normalized spacial score (nSPS) is 16.9. The van der Waals surface area contributed by atoms with Crippen molar-refractivity contribution >= 4 is 66.6 Å². The van der Waals surface area contributed by atoms with Crippen molar-refractivity contribution in [1.82, 2.24) is 19.9 Å². The topological polar surface area (TPSA) is 180 Å². The number of carbonyl (C=O) groups is 2. The van der Waals surface area contributed by atoms with E-state index in [1.165, 1.54) is 22.1 Å². The molecule has 13 heteroatoms. The third-order valence-corrected chi connectivity index (χ3v) is 8.77. The number of aryl methyl sites for hydroxylation is 1. The van der Waals surface area contributed by atoms with E-state index in [2.05, 4.69) is 20.6 Å². The Balaban J connectivity index is 1.22. The van der Waals surface area contributed by atoms with Gasteiger partial charge >= 0.3 is 0 Å². The molecule has 5 rings (SSSR count). The van der Waals surface area contributed by atoms with Crippen LogP contribution in [-0.2, 0) is 22.6 Å². The van der Waals surface area contributed by atoms with Crippen LogP contribution in [-0.4, -0.2) is 36.4 Å². The number of rotatable bonds is 6. The minimum Gasteiger partial charge on any atom is -0.384 e. The van der Waals surface area contributed by atoms with Gasteiger partial charge in [-0.15, -0.1) is 11.3 Å². The van der Waals surface area contributed by atoms with Gasteiger partial charge in [-0.25, -0.2) is 9.97 Å². The molecule has 0 aromatic carbocycles. The minimum absolute atomic E-state index is 0.0966. The highest BCUT2D eigenvalue weighted by Crippen LogP contribution is 2.30. The molecule has 198 valence electrons. The second kappa shape index (κ2) is 11.0. The molecule has 1 aliphatic carbocycles. The Morgan fingerprint density at radius 1 is 1.16 bits per heavy atom. The molecule has 1 fully saturated rings. The Hall–Kier alpha value is -3.58. The first-order chi connectivity index (χ1) is 18.3. The molecule has 2 aliphatic rings. The number of nitrogen functional groups attached to an aromatic ring is 1. The number of pyridine rings is 1. The fourth-order valence-electron chi connectivity index (χ4n) is 4.99. The Kier molecular flexibility index (Phi) is 7.56. The van der Waals surface area contributed by atoms with Gasteiger partial charge in [-0.1, -0.05) is 37.4 Å². The van der Waals surface area contributed by atoms with Crippen molar-refractivity contribution in [3.05, 3.63) is 45.6 Å². The molecule has 38 heavy (non-hydrogen) atoms. The molecule has 0 spiro atoms. The number of thiophene rings is 1. The molecular formula is C25H28N8O3S2. The number of nitrogens with zero attached hydrogens (tertiary/aromatic N) is 3. The van der Waals surface area contributed by atoms with Crippen LogP contribution in [0.25, 0.3) is 10.1 Å². The number of hydrogen-bond acceptors (Lipinski definition) is 10. The van der Waals surface area contributed by atoms with Gasteiger partial charge in [0.1, 0.15) is 23.4 Å². The van der Waals surface area contributed by atoms with Crippen molar-refractivity contribution in [2.75, 3.05) is 11.1 Å². The van der Waals surface area contributed by atoms with Gasteiger partial charge in [0.25, 0.3) is 11.5 Å². The predicted molar refractivity (Wildman–Crippen MR) is 150 cm³/mol. The molecule has 0 saturated heterocycles. The van der Waals surface area contributed by atoms with E-state index in [4.69, 9.17) is 16.6 Å². The summed E-state index contributed by atoms with van der Waals surface area (Å²) in [6.45, 7) is 0.295. The Morgan fingerprint density at radius 3 is 2.74 bits per heavy atom. The standard InChI is InChI=1S/C25H28N8O3S2/c26-19-9-18-14(10-29-19)8-15(37-18)11-31-23(34)17-5-6-21-30-12-16(25(36)33(17)21)32-24(35)22(28)38-20(27)7-13-3-1-2-4-13/h8-10,12-13,17,27-28H,1-7,11H2,(H2,26,29)(H,31,34)(H,32,35). The summed E-state index contributed by atoms with van der Waals surface area (Å²) in [6.07, 6.45) is 8.87. The summed E-state index contributed by atoms with van der Waals surface area (Å²) in [4.78, 5) is 48.1. The lowest BCUT2D eigenvalue weighted by Gasteiger charge is -2.15. The number of nitrogens with one attached hydrogen (secondary N) is 4. The molecule has 3 aromatic heterocycles. The van der Waals surface area contributed by atoms with Gasteiger partial charge in [-0.05, 0) is 30.9 Å². The van der Waals surface area contributed by atoms with E-state index < -0.39 is 17.5 Å². The maximum Gasteiger partial charge on any atom is 0.280 e. The van der Waals surface area contributed by atoms with Crippen LogP contribution in [0.2, 0.25) is 0 Å². The van der Waals surface area contributed by atoms with Crippen LogP contribution in [0.3, 0.4) is 0 Å². The number of nitrogens with two attached hydrogens (primary N) is 1. The maximum absolute atomic E-state index is 13.2. The van der Waals surface area contributed by atoms with Gasteiger partial charge in [0, 0.05) is 27.6 Å². The largest absolute Gasteiger partial charge is 0.384 e. The molecule has 3 aromatic rings. The lowest BCUT2D eigenvalue weighted by atomic mass is 10.1. The third-order valence-electron chi connectivity index (χ3n) is 6.86. The summed E-state index contributed by atoms with van der Waals surface area (Å²) in [5.41, 5.74) is 5.11. The first-order valence-corrected chi connectivity index (χ1v) is 14.1. The number of thioether (sulfide) groups is 1. The summed E-state index contributed by atoms with van der Waals surface area (Å²) in [5.74, 6) is 0.260. The van der Waals surface area contributed by atoms with Crippen molar-refractivity contribution in [3.8, 4) is 0 Å². The van der Waals surface area contributed by atoms with Crippen LogP contribution in [0.4, 0.5) is 11.5 Å². The van der Waals surface area contributed by atoms with Crippen LogP contribution in [0.5, 0.6) is 0 Å². The van der Waals surface area contributed by atoms with Gasteiger partial charge in [0.2, 0.25) is 5.91 Å². The molecule has 0 radical (unpaired) electrons. The highest BCUT2D eigenvalue weighted by atomic mass is 32.2. The average molecular weight is 553 g/mol. The van der Waals surface area contributed by atoms with E-state index in [1.807, 2.05) is 6.07 Å². The quantitative estimate of drug-likeness (QED) is 0.229. The molecule has 6 N–H and O–H groups in total. The van der Waals surface area contributed by atoms with Gasteiger partial charge in [-0.2, -0.15) is 0 Å². The SMILES string of the molecule is N=C(CC1CCCC1)SC(=N)C(=O)Nc1cnc2n(c1=O)C(C(=O)NCc1cc3cnc(N)cc3s1)CC2. The van der Waals surface area contributed by atoms with Crippen molar-refractivity contribution in [2.24, 2.45) is 5.92 Å². The fourth-order valence-corrected chi connectivity index (χ4v) is 6.72. The van der Waals surface area contributed by atoms with Crippen molar-refractivity contribution in [2.45, 2.75) is 57.5 Å². The minimum atomic E-state index is -0.774. The molecule has 1 saturated carbocycles. The average Bonchev–Trinajstić information content (AvgIpc) is 3.63. The lowest BCUT2D eigenvalue weighted by Crippen LogP contribution is -2.37. The van der Waals surface area contributed by atoms with E-state index >= 15 is 0 Å². The molecule has 1 unspecified atom stereocenters. The zero-order valence-corrected chi connectivity index (χ0v) is 22.2. The van der Waals surface area contributed by atoms with E-state index in [0.29, 0.717) is 43.4 Å². The van der Waals surface area contributed by atoms with Gasteiger partial charge in [0.05, 0.1) is 17.8 Å². The van der Waals surface area contributed by atoms with E-state index in [0.717, 1.165) is 52.4 Å². The molecule has 1 aliphatic heterocycles. The van der Waals surface area contributed by atoms with Crippen molar-refractivity contribution in [3.63, 3.8) is 0 Å². The summed E-state index contributed by atoms with van der Waals surface area (Å²) >= 11 is 2.32. The second-order valence-electron chi connectivity index (χ2n) is 9.56. The van der Waals surface area contributed by atoms with Gasteiger partial charge in [0.15, 0.2) is 5.04 Å². The number of aromatic nitrogens is 3. The Morgan fingerprint density at radius 2 is 1.95 bits per heavy atom. The molecular weight excluding hydrogens is 524 g/mol. The van der Waals surface area contributed by atoms with Crippen molar-refractivity contribution < 1.29 is 9.59 Å². The number of fused-ring (bicyclic) bond motifs is 2. The number of hydrogen-bond donors (Lipinski definition) is 5. The van der Waals surface area contributed by atoms with Crippen LogP contribution in [0.15, 0.2) is 29.3 Å². The summed E-state index contributed by atoms with van der Waals surface area (Å²) in [7, 11) is 0. The van der Waals surface area contributed by atoms with Gasteiger partial charge < -0.3 is 16.4 Å². The van der Waals surface area contributed by atoms with Crippen LogP contribution < -0.4 is 21.9 Å². The zero-order valence-electron chi connectivity index (χ0n) is 20.6. The van der Waals surface area contributed by atoms with Gasteiger partial charge in [-0.3, -0.25) is 29.8 Å². The Labute approximate surface area is 226 Å². The highest BCUT2D eigenvalue weighted by Gasteiger charge is 2.31. The number of amides is 2. The number of anilines is 2. The predicted octanol–water partition coefficient (Wildman–Crippen LogP) is 3.45. The highest BCUT2D eigenvalue weighted by molar-refractivity contribution is 8.27. The van der Waals surface area contributed by atoms with Crippen molar-refractivity contribution in [1.29, 1.82) is 10.8 Å². The molecule has 11 nitrogen and oxygen atoms in total. The smallest absolute Gasteiger partial charge is 0.280 e. The van der Waals surface area contributed by atoms with E-state index in [1.54, 1.807) is 12.3 Å². The van der Waals surface area contributed by atoms with Crippen LogP contribution >= 0.6 is 23.1 Å². The first kappa shape index (κ1) is 26.0. The van der Waals surface area contributed by atoms with E-state index in [-0.39, 0.29) is 21.7 Å². The first-order valence-electron chi connectivity index (χ1n) is 12.5. The van der Waals surface area contributed by atoms with Crippen LogP contribution in [0, 0.1) is 16.7 Å². The zero-order chi connectivity index (χ0) is 26.8. The number of carbonyl (C=O) groups excluding carboxylic acids is 2. The second-order valence-corrected chi connectivity index (χ2v) is 11.8. The monoisotopic (exact) mass is 552 g/mol. The summed E-state index contributed by atoms with van der Waals surface area (Å²) in [6, 6.07) is 2.98. The molecule has 4 heterocycles. The van der Waals surface area contributed by atoms with Crippen LogP contribution in [0.1, 0.15) is 55.3 Å². The summed E-state index contributed by atoms with van der Waals surface area (Å²) < 4.78 is 2.30. The summed E-state index contributed by atoms with van der Waals surface area (Å²) in [5, 5.41) is 22.4. The molecule has 2 amide bonds. The van der Waals surface area contributed by atoms with E-state index in [9.17, 15) is 14.4 Å².